The van der Waals surface area contributed by atoms with Crippen molar-refractivity contribution < 1.29 is 0 Å². The quantitative estimate of drug-likeness (QED) is 0.188. The van der Waals surface area contributed by atoms with Crippen LogP contribution < -0.4 is 9.80 Å². The maximum atomic E-state index is 4.96. The van der Waals surface area contributed by atoms with E-state index < -0.39 is 0 Å². The fraction of sp³-hybridized carbons (Fsp3) is 0.136. The van der Waals surface area contributed by atoms with Crippen molar-refractivity contribution in [2.45, 2.75) is 38.5 Å². The van der Waals surface area contributed by atoms with Crippen LogP contribution in [0.3, 0.4) is 0 Å². The molecular formula is C44H35N7. The molecule has 8 aromatic rings. The van der Waals surface area contributed by atoms with Crippen molar-refractivity contribution >= 4 is 56.5 Å². The minimum absolute atomic E-state index is 0.246. The van der Waals surface area contributed by atoms with E-state index in [9.17, 15) is 0 Å². The average Bonchev–Trinajstić information content (AvgIpc) is 3.49. The van der Waals surface area contributed by atoms with E-state index >= 15 is 0 Å². The molecular weight excluding hydrogens is 627 g/mol. The second-order valence-corrected chi connectivity index (χ2v) is 14.5. The number of benzene rings is 3. The van der Waals surface area contributed by atoms with Crippen LogP contribution in [0, 0.1) is 0 Å². The van der Waals surface area contributed by atoms with Crippen molar-refractivity contribution in [2.75, 3.05) is 9.80 Å². The van der Waals surface area contributed by atoms with Crippen LogP contribution >= 0.6 is 0 Å². The SMILES string of the molecule is CC1(C)c2cccnc2N(c2ccc3c(c2)c2cc(N4c5ncccc5C(C)(C)c5cccnc54)ccc2n3-c2ccccc2)c2ncccc21. The first-order chi connectivity index (χ1) is 24.8. The summed E-state index contributed by atoms with van der Waals surface area (Å²) in [5.74, 6) is 3.62. The second-order valence-electron chi connectivity index (χ2n) is 14.5. The van der Waals surface area contributed by atoms with Gasteiger partial charge in [-0.15, -0.1) is 0 Å². The molecule has 0 bridgehead atoms. The summed E-state index contributed by atoms with van der Waals surface area (Å²) >= 11 is 0. The number of hydrogen-bond acceptors (Lipinski definition) is 6. The number of pyridine rings is 4. The molecule has 0 unspecified atom stereocenters. The van der Waals surface area contributed by atoms with Gasteiger partial charge in [-0.2, -0.15) is 0 Å². The molecule has 0 radical (unpaired) electrons. The molecule has 0 fully saturated rings. The summed E-state index contributed by atoms with van der Waals surface area (Å²) in [6.07, 6.45) is 7.50. The Labute approximate surface area is 296 Å². The summed E-state index contributed by atoms with van der Waals surface area (Å²) in [7, 11) is 0. The lowest BCUT2D eigenvalue weighted by molar-refractivity contribution is 0.623. The molecule has 0 saturated carbocycles. The number of anilines is 6. The van der Waals surface area contributed by atoms with Gasteiger partial charge < -0.3 is 4.57 Å². The van der Waals surface area contributed by atoms with Gasteiger partial charge in [-0.1, -0.05) is 70.2 Å². The third-order valence-corrected chi connectivity index (χ3v) is 11.0. The van der Waals surface area contributed by atoms with E-state index in [4.69, 9.17) is 19.9 Å². The van der Waals surface area contributed by atoms with Crippen LogP contribution in [0.15, 0.2) is 140 Å². The molecule has 0 atom stereocenters. The standard InChI is InChI=1S/C44H35N7/c1-43(2)33-14-8-22-45-39(33)50(40-34(43)15-9-23-46-40)29-18-20-37-31(26-29)32-27-30(19-21-38(32)49(37)28-12-6-5-7-13-28)51-41-35(16-10-24-47-41)44(3,4)36-17-11-25-48-42(36)51/h5-27H,1-4H3. The Morgan fingerprint density at radius 3 is 1.14 bits per heavy atom. The normalized spacial score (nSPS) is 15.3. The molecule has 2 aliphatic heterocycles. The summed E-state index contributed by atoms with van der Waals surface area (Å²) < 4.78 is 2.35. The molecule has 0 N–H and O–H groups in total. The summed E-state index contributed by atoms with van der Waals surface area (Å²) in [5, 5.41) is 2.26. The second kappa shape index (κ2) is 10.6. The smallest absolute Gasteiger partial charge is 0.142 e. The van der Waals surface area contributed by atoms with E-state index in [2.05, 4.69) is 133 Å². The van der Waals surface area contributed by atoms with Crippen molar-refractivity contribution in [1.29, 1.82) is 0 Å². The van der Waals surface area contributed by atoms with Crippen LogP contribution in [0.2, 0.25) is 0 Å². The van der Waals surface area contributed by atoms with Crippen LogP contribution in [0.25, 0.3) is 27.5 Å². The number of rotatable bonds is 3. The van der Waals surface area contributed by atoms with Crippen molar-refractivity contribution in [2.24, 2.45) is 0 Å². The van der Waals surface area contributed by atoms with E-state index in [0.717, 1.165) is 62.1 Å². The molecule has 0 spiro atoms. The number of nitrogens with zero attached hydrogens (tertiary/aromatic N) is 7. The lowest BCUT2D eigenvalue weighted by atomic mass is 9.76. The van der Waals surface area contributed by atoms with Crippen LogP contribution in [0.1, 0.15) is 49.9 Å². The van der Waals surface area contributed by atoms with Gasteiger partial charge in [0.25, 0.3) is 0 Å². The molecule has 7 nitrogen and oxygen atoms in total. The molecule has 10 rings (SSSR count). The van der Waals surface area contributed by atoms with Gasteiger partial charge in [-0.25, -0.2) is 19.9 Å². The highest BCUT2D eigenvalue weighted by atomic mass is 15.3. The van der Waals surface area contributed by atoms with Gasteiger partial charge in [0.2, 0.25) is 0 Å². The number of fused-ring (bicyclic) bond motifs is 7. The third kappa shape index (κ3) is 4.12. The largest absolute Gasteiger partial charge is 0.309 e. The highest BCUT2D eigenvalue weighted by molar-refractivity contribution is 6.12. The molecule has 7 heteroatoms. The van der Waals surface area contributed by atoms with Crippen LogP contribution in [0.4, 0.5) is 34.6 Å². The zero-order chi connectivity index (χ0) is 34.5. The first kappa shape index (κ1) is 29.6. The Bertz CT molecular complexity index is 2410. The van der Waals surface area contributed by atoms with Gasteiger partial charge >= 0.3 is 0 Å². The topological polar surface area (TPSA) is 63.0 Å². The van der Waals surface area contributed by atoms with Crippen molar-refractivity contribution in [3.63, 3.8) is 0 Å². The van der Waals surface area contributed by atoms with Crippen LogP contribution in [-0.2, 0) is 10.8 Å². The molecule has 2 aliphatic rings. The molecule has 51 heavy (non-hydrogen) atoms. The molecule has 0 aliphatic carbocycles. The van der Waals surface area contributed by atoms with E-state index in [1.807, 2.05) is 49.1 Å². The molecule has 7 heterocycles. The van der Waals surface area contributed by atoms with Crippen LogP contribution in [-0.4, -0.2) is 24.5 Å². The lowest BCUT2D eigenvalue weighted by Gasteiger charge is -2.40. The van der Waals surface area contributed by atoms with Gasteiger partial charge in [0.15, 0.2) is 0 Å². The molecule has 3 aromatic carbocycles. The Balaban J connectivity index is 1.24. The maximum absolute atomic E-state index is 4.96. The van der Waals surface area contributed by atoms with Crippen molar-refractivity contribution in [3.8, 4) is 5.69 Å². The predicted molar refractivity (Wildman–Crippen MR) is 206 cm³/mol. The molecule has 0 amide bonds. The summed E-state index contributed by atoms with van der Waals surface area (Å²) in [6.45, 7) is 9.02. The maximum Gasteiger partial charge on any atom is 0.142 e. The zero-order valence-corrected chi connectivity index (χ0v) is 28.9. The van der Waals surface area contributed by atoms with Crippen molar-refractivity contribution in [3.05, 3.63) is 162 Å². The average molecular weight is 662 g/mol. The van der Waals surface area contributed by atoms with Gasteiger partial charge in [0, 0.05) is 85.7 Å². The van der Waals surface area contributed by atoms with Gasteiger partial charge in [0.05, 0.1) is 11.0 Å². The monoisotopic (exact) mass is 661 g/mol. The molecule has 5 aromatic heterocycles. The minimum atomic E-state index is -0.246. The van der Waals surface area contributed by atoms with E-state index in [0.29, 0.717) is 0 Å². The molecule has 246 valence electrons. The lowest BCUT2D eigenvalue weighted by Crippen LogP contribution is -2.32. The fourth-order valence-electron chi connectivity index (χ4n) is 8.36. The van der Waals surface area contributed by atoms with E-state index in [1.165, 1.54) is 22.3 Å². The molecule has 0 saturated heterocycles. The number of hydrogen-bond donors (Lipinski definition) is 0. The fourth-order valence-corrected chi connectivity index (χ4v) is 8.36. The Kier molecular flexibility index (Phi) is 6.13. The first-order valence-electron chi connectivity index (χ1n) is 17.4. The highest BCUT2D eigenvalue weighted by Gasteiger charge is 2.40. The van der Waals surface area contributed by atoms with E-state index in [1.54, 1.807) is 0 Å². The van der Waals surface area contributed by atoms with Gasteiger partial charge in [0.1, 0.15) is 23.3 Å². The zero-order valence-electron chi connectivity index (χ0n) is 28.9. The van der Waals surface area contributed by atoms with Crippen LogP contribution in [0.5, 0.6) is 0 Å². The summed E-state index contributed by atoms with van der Waals surface area (Å²) in [4.78, 5) is 24.3. The Morgan fingerprint density at radius 2 is 0.765 bits per heavy atom. The van der Waals surface area contributed by atoms with E-state index in [-0.39, 0.29) is 10.8 Å². The third-order valence-electron chi connectivity index (χ3n) is 11.0. The Hall–Kier alpha value is -6.34. The number of aromatic nitrogens is 5. The Morgan fingerprint density at radius 1 is 0.392 bits per heavy atom. The van der Waals surface area contributed by atoms with Gasteiger partial charge in [-0.05, 0) is 72.8 Å². The predicted octanol–water partition coefficient (Wildman–Crippen LogP) is 10.6. The summed E-state index contributed by atoms with van der Waals surface area (Å²) in [6, 6.07) is 40.9. The van der Waals surface area contributed by atoms with Gasteiger partial charge in [-0.3, -0.25) is 9.80 Å². The highest BCUT2D eigenvalue weighted by Crippen LogP contribution is 2.52. The summed E-state index contributed by atoms with van der Waals surface area (Å²) in [5.41, 5.74) is 9.55. The first-order valence-corrected chi connectivity index (χ1v) is 17.4. The number of para-hydroxylation sites is 1. The van der Waals surface area contributed by atoms with Crippen molar-refractivity contribution in [1.82, 2.24) is 24.5 Å². The minimum Gasteiger partial charge on any atom is -0.309 e.